The molecule has 0 aromatic heterocycles. The fraction of sp³-hybridized carbons (Fsp3) is 0.889. The molecule has 12 heavy (non-hydrogen) atoms. The van der Waals surface area contributed by atoms with Gasteiger partial charge in [-0.25, -0.2) is 0 Å². The first kappa shape index (κ1) is 9.78. The average molecular weight is 186 g/mol. The number of hydrogen-bond donors (Lipinski definition) is 2. The normalized spacial score (nSPS) is 16.8. The van der Waals surface area contributed by atoms with Gasteiger partial charge in [-0.2, -0.15) is 0 Å². The van der Waals surface area contributed by atoms with Gasteiger partial charge in [-0.3, -0.25) is 0 Å². The maximum absolute atomic E-state index is 5.04. The zero-order valence-corrected chi connectivity index (χ0v) is 8.54. The van der Waals surface area contributed by atoms with Crippen molar-refractivity contribution >= 4 is 17.3 Å². The fourth-order valence-electron chi connectivity index (χ4n) is 1.39. The van der Waals surface area contributed by atoms with Crippen LogP contribution in [0, 0.1) is 5.92 Å². The molecule has 2 nitrogen and oxygen atoms in total. The molecule has 0 aromatic carbocycles. The van der Waals surface area contributed by atoms with Crippen LogP contribution in [0.2, 0.25) is 0 Å². The highest BCUT2D eigenvalue weighted by atomic mass is 32.1. The summed E-state index contributed by atoms with van der Waals surface area (Å²) >= 11 is 5.04. The third-order valence-corrected chi connectivity index (χ3v) is 2.69. The van der Waals surface area contributed by atoms with E-state index in [1.807, 2.05) is 0 Å². The monoisotopic (exact) mass is 186 g/mol. The highest BCUT2D eigenvalue weighted by Gasteiger charge is 2.16. The van der Waals surface area contributed by atoms with E-state index in [1.54, 1.807) is 0 Å². The van der Waals surface area contributed by atoms with Crippen LogP contribution >= 0.6 is 12.2 Å². The molecule has 70 valence electrons. The molecule has 0 amide bonds. The van der Waals surface area contributed by atoms with Crippen LogP contribution in [0.3, 0.4) is 0 Å². The van der Waals surface area contributed by atoms with E-state index in [1.165, 1.54) is 25.7 Å². The van der Waals surface area contributed by atoms with Crippen LogP contribution in [0.1, 0.15) is 32.6 Å². The van der Waals surface area contributed by atoms with Gasteiger partial charge in [-0.15, -0.1) is 0 Å². The van der Waals surface area contributed by atoms with Gasteiger partial charge in [0.2, 0.25) is 0 Å². The summed E-state index contributed by atoms with van der Waals surface area (Å²) in [7, 11) is 0. The Morgan fingerprint density at radius 2 is 2.17 bits per heavy atom. The third-order valence-electron chi connectivity index (χ3n) is 2.40. The molecule has 1 aliphatic rings. The van der Waals surface area contributed by atoms with Crippen molar-refractivity contribution in [3.8, 4) is 0 Å². The Balaban J connectivity index is 1.90. The van der Waals surface area contributed by atoms with Crippen molar-refractivity contribution < 1.29 is 0 Å². The van der Waals surface area contributed by atoms with Crippen LogP contribution in [-0.2, 0) is 0 Å². The molecule has 3 heteroatoms. The molecular formula is C9H18N2S. The molecule has 0 heterocycles. The van der Waals surface area contributed by atoms with Gasteiger partial charge >= 0.3 is 0 Å². The average Bonchev–Trinajstić information content (AvgIpc) is 1.95. The van der Waals surface area contributed by atoms with E-state index in [4.69, 9.17) is 12.2 Å². The molecule has 1 rings (SSSR count). The Kier molecular flexibility index (Phi) is 4.36. The van der Waals surface area contributed by atoms with E-state index in [0.717, 1.165) is 24.1 Å². The Labute approximate surface area is 80.1 Å². The predicted molar refractivity (Wildman–Crippen MR) is 56.2 cm³/mol. The van der Waals surface area contributed by atoms with Gasteiger partial charge in [0.15, 0.2) is 5.11 Å². The molecule has 0 spiro atoms. The van der Waals surface area contributed by atoms with Gasteiger partial charge in [0.05, 0.1) is 0 Å². The largest absolute Gasteiger partial charge is 0.363 e. The van der Waals surface area contributed by atoms with Crippen molar-refractivity contribution in [1.82, 2.24) is 10.6 Å². The van der Waals surface area contributed by atoms with Crippen molar-refractivity contribution in [2.24, 2.45) is 5.92 Å². The molecular weight excluding hydrogens is 168 g/mol. The summed E-state index contributed by atoms with van der Waals surface area (Å²) in [5.41, 5.74) is 0. The van der Waals surface area contributed by atoms with E-state index in [2.05, 4.69) is 17.6 Å². The van der Waals surface area contributed by atoms with Gasteiger partial charge in [0.25, 0.3) is 0 Å². The summed E-state index contributed by atoms with van der Waals surface area (Å²) < 4.78 is 0. The number of nitrogens with one attached hydrogen (secondary N) is 2. The Bertz CT molecular complexity index is 143. The summed E-state index contributed by atoms with van der Waals surface area (Å²) in [4.78, 5) is 0. The number of hydrogen-bond acceptors (Lipinski definition) is 1. The summed E-state index contributed by atoms with van der Waals surface area (Å²) in [6.07, 6.45) is 5.57. The molecule has 0 unspecified atom stereocenters. The van der Waals surface area contributed by atoms with Crippen LogP contribution in [-0.4, -0.2) is 18.2 Å². The molecule has 0 saturated heterocycles. The Morgan fingerprint density at radius 3 is 2.67 bits per heavy atom. The number of rotatable bonds is 4. The van der Waals surface area contributed by atoms with Crippen LogP contribution in [0.15, 0.2) is 0 Å². The zero-order valence-electron chi connectivity index (χ0n) is 7.73. The second-order valence-corrected chi connectivity index (χ2v) is 3.78. The second-order valence-electron chi connectivity index (χ2n) is 3.37. The zero-order chi connectivity index (χ0) is 8.81. The molecule has 0 atom stereocenters. The minimum absolute atomic E-state index is 0.803. The second kappa shape index (κ2) is 5.36. The van der Waals surface area contributed by atoms with Gasteiger partial charge in [0.1, 0.15) is 0 Å². The topological polar surface area (TPSA) is 24.1 Å². The Morgan fingerprint density at radius 1 is 1.42 bits per heavy atom. The first-order valence-corrected chi connectivity index (χ1v) is 5.25. The standard InChI is InChI=1S/C9H18N2S/c1-2-10-9(12)11-7-6-8-4-3-5-8/h8H,2-7H2,1H3,(H2,10,11,12). The molecule has 1 aliphatic carbocycles. The first-order valence-electron chi connectivity index (χ1n) is 4.84. The summed E-state index contributed by atoms with van der Waals surface area (Å²) in [6.45, 7) is 4.01. The molecule has 0 aliphatic heterocycles. The van der Waals surface area contributed by atoms with E-state index < -0.39 is 0 Å². The lowest BCUT2D eigenvalue weighted by Gasteiger charge is -2.25. The molecule has 1 saturated carbocycles. The molecule has 0 bridgehead atoms. The predicted octanol–water partition coefficient (Wildman–Crippen LogP) is 1.66. The van der Waals surface area contributed by atoms with Crippen molar-refractivity contribution in [3.05, 3.63) is 0 Å². The maximum Gasteiger partial charge on any atom is 0.166 e. The molecule has 0 aromatic rings. The lowest BCUT2D eigenvalue weighted by atomic mass is 9.83. The van der Waals surface area contributed by atoms with E-state index in [-0.39, 0.29) is 0 Å². The van der Waals surface area contributed by atoms with Gasteiger partial charge < -0.3 is 10.6 Å². The minimum atomic E-state index is 0.803. The van der Waals surface area contributed by atoms with Gasteiger partial charge in [-0.05, 0) is 31.5 Å². The molecule has 2 N–H and O–H groups in total. The van der Waals surface area contributed by atoms with Gasteiger partial charge in [-0.1, -0.05) is 19.3 Å². The smallest absolute Gasteiger partial charge is 0.166 e. The van der Waals surface area contributed by atoms with E-state index in [0.29, 0.717) is 0 Å². The van der Waals surface area contributed by atoms with Crippen molar-refractivity contribution in [1.29, 1.82) is 0 Å². The fourth-order valence-corrected chi connectivity index (χ4v) is 1.64. The van der Waals surface area contributed by atoms with Crippen LogP contribution in [0.5, 0.6) is 0 Å². The van der Waals surface area contributed by atoms with Crippen LogP contribution in [0.4, 0.5) is 0 Å². The lowest BCUT2D eigenvalue weighted by Crippen LogP contribution is -2.36. The summed E-state index contributed by atoms with van der Waals surface area (Å²) in [6, 6.07) is 0. The lowest BCUT2D eigenvalue weighted by molar-refractivity contribution is 0.297. The van der Waals surface area contributed by atoms with Crippen LogP contribution < -0.4 is 10.6 Å². The highest BCUT2D eigenvalue weighted by molar-refractivity contribution is 7.80. The third kappa shape index (κ3) is 3.39. The summed E-state index contributed by atoms with van der Waals surface area (Å²) in [5, 5.41) is 7.08. The van der Waals surface area contributed by atoms with Crippen LogP contribution in [0.25, 0.3) is 0 Å². The maximum atomic E-state index is 5.04. The van der Waals surface area contributed by atoms with Crippen molar-refractivity contribution in [3.63, 3.8) is 0 Å². The SMILES string of the molecule is CCNC(=S)NCCC1CCC1. The Hall–Kier alpha value is -0.310. The van der Waals surface area contributed by atoms with Crippen molar-refractivity contribution in [2.45, 2.75) is 32.6 Å². The highest BCUT2D eigenvalue weighted by Crippen LogP contribution is 2.28. The number of thiocarbonyl (C=S) groups is 1. The minimum Gasteiger partial charge on any atom is -0.363 e. The van der Waals surface area contributed by atoms with E-state index >= 15 is 0 Å². The van der Waals surface area contributed by atoms with Gasteiger partial charge in [0, 0.05) is 13.1 Å². The first-order chi connectivity index (χ1) is 5.83. The quantitative estimate of drug-likeness (QED) is 0.653. The molecule has 1 fully saturated rings. The molecule has 0 radical (unpaired) electrons. The van der Waals surface area contributed by atoms with Crippen molar-refractivity contribution in [2.75, 3.05) is 13.1 Å². The summed E-state index contributed by atoms with van der Waals surface area (Å²) in [5.74, 6) is 0.974. The van der Waals surface area contributed by atoms with E-state index in [9.17, 15) is 0 Å².